The van der Waals surface area contributed by atoms with E-state index >= 15 is 0 Å². The molecule has 0 aliphatic heterocycles. The Kier molecular flexibility index (Phi) is 4.17. The largest absolute Gasteiger partial charge is 0.496 e. The van der Waals surface area contributed by atoms with Crippen molar-refractivity contribution in [2.24, 2.45) is 0 Å². The molecule has 1 rings (SSSR count). The van der Waals surface area contributed by atoms with E-state index in [0.29, 0.717) is 23.5 Å². The molecule has 0 heterocycles. The van der Waals surface area contributed by atoms with Crippen molar-refractivity contribution in [2.75, 3.05) is 26.4 Å². The first-order valence-electron chi connectivity index (χ1n) is 5.29. The van der Waals surface area contributed by atoms with E-state index in [4.69, 9.17) is 10.5 Å². The van der Waals surface area contributed by atoms with Gasteiger partial charge in [-0.15, -0.1) is 0 Å². The van der Waals surface area contributed by atoms with Crippen molar-refractivity contribution in [1.29, 1.82) is 0 Å². The van der Waals surface area contributed by atoms with Crippen molar-refractivity contribution in [3.8, 4) is 5.75 Å². The van der Waals surface area contributed by atoms with Crippen molar-refractivity contribution < 1.29 is 9.53 Å². The SMILES string of the molecule is CCCN(C)C(=O)c1c(N)cccc1OC. The van der Waals surface area contributed by atoms with Gasteiger partial charge in [-0.1, -0.05) is 13.0 Å². The number of nitrogen functional groups attached to an aromatic ring is 1. The van der Waals surface area contributed by atoms with Crippen LogP contribution in [-0.2, 0) is 0 Å². The number of carbonyl (C=O) groups is 1. The lowest BCUT2D eigenvalue weighted by atomic mass is 10.1. The summed E-state index contributed by atoms with van der Waals surface area (Å²) < 4.78 is 5.15. The fourth-order valence-electron chi connectivity index (χ4n) is 1.57. The quantitative estimate of drug-likeness (QED) is 0.790. The predicted molar refractivity (Wildman–Crippen MR) is 64.7 cm³/mol. The second-order valence-corrected chi connectivity index (χ2v) is 3.65. The van der Waals surface area contributed by atoms with Gasteiger partial charge in [0, 0.05) is 19.3 Å². The van der Waals surface area contributed by atoms with E-state index in [9.17, 15) is 4.79 Å². The molecule has 1 aromatic rings. The van der Waals surface area contributed by atoms with Crippen molar-refractivity contribution in [3.63, 3.8) is 0 Å². The Hall–Kier alpha value is -1.71. The van der Waals surface area contributed by atoms with Gasteiger partial charge in [-0.2, -0.15) is 0 Å². The van der Waals surface area contributed by atoms with Crippen LogP contribution in [-0.4, -0.2) is 31.5 Å². The topological polar surface area (TPSA) is 55.6 Å². The minimum Gasteiger partial charge on any atom is -0.496 e. The number of carbonyl (C=O) groups excluding carboxylic acids is 1. The molecule has 88 valence electrons. The molecular weight excluding hydrogens is 204 g/mol. The van der Waals surface area contributed by atoms with Crippen molar-refractivity contribution in [2.45, 2.75) is 13.3 Å². The summed E-state index contributed by atoms with van der Waals surface area (Å²) >= 11 is 0. The predicted octanol–water partition coefficient (Wildman–Crippen LogP) is 1.76. The van der Waals surface area contributed by atoms with Crippen LogP contribution in [0.5, 0.6) is 5.75 Å². The molecule has 0 unspecified atom stereocenters. The van der Waals surface area contributed by atoms with Crippen LogP contribution in [0.25, 0.3) is 0 Å². The van der Waals surface area contributed by atoms with Gasteiger partial charge in [0.2, 0.25) is 0 Å². The zero-order chi connectivity index (χ0) is 12.1. The highest BCUT2D eigenvalue weighted by Gasteiger charge is 2.18. The van der Waals surface area contributed by atoms with E-state index in [0.717, 1.165) is 6.42 Å². The first-order valence-corrected chi connectivity index (χ1v) is 5.29. The third-order valence-electron chi connectivity index (χ3n) is 2.40. The third-order valence-corrected chi connectivity index (χ3v) is 2.40. The zero-order valence-corrected chi connectivity index (χ0v) is 9.99. The smallest absolute Gasteiger partial charge is 0.259 e. The molecule has 0 bridgehead atoms. The number of nitrogens with zero attached hydrogens (tertiary/aromatic N) is 1. The van der Waals surface area contributed by atoms with E-state index in [-0.39, 0.29) is 5.91 Å². The number of ether oxygens (including phenoxy) is 1. The first-order chi connectivity index (χ1) is 7.61. The molecule has 0 radical (unpaired) electrons. The standard InChI is InChI=1S/C12H18N2O2/c1-4-8-14(2)12(15)11-9(13)6-5-7-10(11)16-3/h5-7H,4,8,13H2,1-3H3. The molecule has 1 aromatic carbocycles. The van der Waals surface area contributed by atoms with E-state index in [1.165, 1.54) is 7.11 Å². The molecule has 0 fully saturated rings. The molecule has 0 aliphatic carbocycles. The van der Waals surface area contributed by atoms with Crippen LogP contribution in [0.3, 0.4) is 0 Å². The average molecular weight is 222 g/mol. The van der Waals surface area contributed by atoms with Gasteiger partial charge in [-0.25, -0.2) is 0 Å². The molecule has 2 N–H and O–H groups in total. The lowest BCUT2D eigenvalue weighted by molar-refractivity contribution is 0.0793. The Balaban J connectivity index is 3.06. The summed E-state index contributed by atoms with van der Waals surface area (Å²) in [6.45, 7) is 2.73. The second-order valence-electron chi connectivity index (χ2n) is 3.65. The van der Waals surface area contributed by atoms with Crippen LogP contribution in [0.1, 0.15) is 23.7 Å². The number of anilines is 1. The van der Waals surface area contributed by atoms with E-state index in [1.807, 2.05) is 6.92 Å². The Bertz CT molecular complexity index is 377. The molecule has 16 heavy (non-hydrogen) atoms. The highest BCUT2D eigenvalue weighted by Crippen LogP contribution is 2.25. The number of amides is 1. The molecule has 0 aliphatic rings. The Labute approximate surface area is 96.0 Å². The Morgan fingerprint density at radius 3 is 2.75 bits per heavy atom. The second kappa shape index (κ2) is 5.39. The molecule has 0 saturated carbocycles. The molecule has 4 heteroatoms. The van der Waals surface area contributed by atoms with Crippen LogP contribution >= 0.6 is 0 Å². The summed E-state index contributed by atoms with van der Waals surface area (Å²) in [6, 6.07) is 5.21. The van der Waals surface area contributed by atoms with Crippen LogP contribution in [0.2, 0.25) is 0 Å². The summed E-state index contributed by atoms with van der Waals surface area (Å²) in [7, 11) is 3.29. The van der Waals surface area contributed by atoms with Crippen LogP contribution < -0.4 is 10.5 Å². The van der Waals surface area contributed by atoms with Crippen molar-refractivity contribution >= 4 is 11.6 Å². The van der Waals surface area contributed by atoms with Crippen LogP contribution in [0.4, 0.5) is 5.69 Å². The molecular formula is C12H18N2O2. The lowest BCUT2D eigenvalue weighted by Gasteiger charge is -2.18. The fourth-order valence-corrected chi connectivity index (χ4v) is 1.57. The number of benzene rings is 1. The van der Waals surface area contributed by atoms with Gasteiger partial charge in [-0.05, 0) is 18.6 Å². The van der Waals surface area contributed by atoms with E-state index in [2.05, 4.69) is 0 Å². The maximum atomic E-state index is 12.1. The number of hydrogen-bond donors (Lipinski definition) is 1. The van der Waals surface area contributed by atoms with Gasteiger partial charge in [0.05, 0.1) is 7.11 Å². The normalized spacial score (nSPS) is 9.94. The fraction of sp³-hybridized carbons (Fsp3) is 0.417. The number of nitrogens with two attached hydrogens (primary N) is 1. The first kappa shape index (κ1) is 12.4. The minimum atomic E-state index is -0.100. The third kappa shape index (κ3) is 2.45. The molecule has 0 atom stereocenters. The van der Waals surface area contributed by atoms with Crippen LogP contribution in [0.15, 0.2) is 18.2 Å². The van der Waals surface area contributed by atoms with Crippen molar-refractivity contribution in [3.05, 3.63) is 23.8 Å². The maximum absolute atomic E-state index is 12.1. The molecule has 0 spiro atoms. The van der Waals surface area contributed by atoms with Crippen molar-refractivity contribution in [1.82, 2.24) is 4.90 Å². The summed E-state index contributed by atoms with van der Waals surface area (Å²) in [4.78, 5) is 13.7. The van der Waals surface area contributed by atoms with Gasteiger partial charge in [0.1, 0.15) is 11.3 Å². The maximum Gasteiger partial charge on any atom is 0.259 e. The Morgan fingerprint density at radius 1 is 1.50 bits per heavy atom. The monoisotopic (exact) mass is 222 g/mol. The molecule has 0 saturated heterocycles. The minimum absolute atomic E-state index is 0.100. The summed E-state index contributed by atoms with van der Waals surface area (Å²) in [5.74, 6) is 0.421. The Morgan fingerprint density at radius 2 is 2.19 bits per heavy atom. The molecule has 0 aromatic heterocycles. The number of rotatable bonds is 4. The summed E-state index contributed by atoms with van der Waals surface area (Å²) in [6.07, 6.45) is 0.914. The van der Waals surface area contributed by atoms with Gasteiger partial charge < -0.3 is 15.4 Å². The molecule has 1 amide bonds. The van der Waals surface area contributed by atoms with Gasteiger partial charge >= 0.3 is 0 Å². The van der Waals surface area contributed by atoms with E-state index < -0.39 is 0 Å². The number of methoxy groups -OCH3 is 1. The van der Waals surface area contributed by atoms with Gasteiger partial charge in [0.15, 0.2) is 0 Å². The highest BCUT2D eigenvalue weighted by atomic mass is 16.5. The summed E-state index contributed by atoms with van der Waals surface area (Å²) in [5.41, 5.74) is 6.70. The lowest BCUT2D eigenvalue weighted by Crippen LogP contribution is -2.28. The summed E-state index contributed by atoms with van der Waals surface area (Å²) in [5, 5.41) is 0. The number of hydrogen-bond acceptors (Lipinski definition) is 3. The van der Waals surface area contributed by atoms with Gasteiger partial charge in [-0.3, -0.25) is 4.79 Å². The van der Waals surface area contributed by atoms with Gasteiger partial charge in [0.25, 0.3) is 5.91 Å². The molecule has 4 nitrogen and oxygen atoms in total. The van der Waals surface area contributed by atoms with E-state index in [1.54, 1.807) is 30.1 Å². The highest BCUT2D eigenvalue weighted by molar-refractivity contribution is 6.01. The average Bonchev–Trinajstić information content (AvgIpc) is 2.28. The van der Waals surface area contributed by atoms with Crippen LogP contribution in [0, 0.1) is 0 Å². The zero-order valence-electron chi connectivity index (χ0n) is 9.99.